The number of benzene rings is 2. The van der Waals surface area contributed by atoms with Gasteiger partial charge in [0.05, 0.1) is 10.5 Å². The maximum atomic E-state index is 13.6. The molecule has 2 aromatic carbocycles. The third-order valence-electron chi connectivity index (χ3n) is 3.01. The fourth-order valence-corrected chi connectivity index (χ4v) is 1.92. The summed E-state index contributed by atoms with van der Waals surface area (Å²) in [4.78, 5) is 22.4. The van der Waals surface area contributed by atoms with E-state index in [2.05, 4.69) is 0 Å². The second-order valence-electron chi connectivity index (χ2n) is 4.28. The fourth-order valence-electron chi connectivity index (χ4n) is 1.92. The number of aromatic carboxylic acids is 1. The first-order valence-corrected chi connectivity index (χ1v) is 5.92. The molecule has 6 nitrogen and oxygen atoms in total. The number of nitrogens with zero attached hydrogens (tertiary/aromatic N) is 2. The molecule has 21 heavy (non-hydrogen) atoms. The average Bonchev–Trinajstić information content (AvgIpc) is 2.46. The Labute approximate surface area is 119 Å². The smallest absolute Gasteiger partial charge is 0.335 e. The number of carbonyl (C=O) groups is 1. The van der Waals surface area contributed by atoms with Crippen molar-refractivity contribution in [3.63, 3.8) is 0 Å². The van der Waals surface area contributed by atoms with Crippen LogP contribution in [0.1, 0.15) is 10.4 Å². The van der Waals surface area contributed by atoms with Gasteiger partial charge in [-0.3, -0.25) is 10.1 Å². The molecule has 0 aliphatic heterocycles. The molecule has 0 fully saturated rings. The van der Waals surface area contributed by atoms with E-state index in [1.807, 2.05) is 0 Å². The first-order chi connectivity index (χ1) is 9.91. The lowest BCUT2D eigenvalue weighted by Gasteiger charge is -2.19. The van der Waals surface area contributed by atoms with Crippen LogP contribution in [0.2, 0.25) is 0 Å². The lowest BCUT2D eigenvalue weighted by Crippen LogP contribution is -2.12. The maximum absolute atomic E-state index is 13.6. The summed E-state index contributed by atoms with van der Waals surface area (Å²) < 4.78 is 13.6. The van der Waals surface area contributed by atoms with Crippen LogP contribution in [-0.2, 0) is 0 Å². The molecule has 0 spiro atoms. The standard InChI is InChI=1S/C14H11FN2O4/c1-16(10-7-5-9(6-8-10)14(18)19)12-4-2-3-11(15)13(12)17(20)21/h2-8H,1H3,(H,18,19). The Morgan fingerprint density at radius 2 is 1.86 bits per heavy atom. The van der Waals surface area contributed by atoms with Crippen molar-refractivity contribution < 1.29 is 19.2 Å². The highest BCUT2D eigenvalue weighted by molar-refractivity contribution is 5.88. The van der Waals surface area contributed by atoms with E-state index >= 15 is 0 Å². The summed E-state index contributed by atoms with van der Waals surface area (Å²) >= 11 is 0. The van der Waals surface area contributed by atoms with Crippen molar-refractivity contribution in [1.29, 1.82) is 0 Å². The Balaban J connectivity index is 2.45. The quantitative estimate of drug-likeness (QED) is 0.690. The molecule has 0 heterocycles. The third kappa shape index (κ3) is 2.81. The van der Waals surface area contributed by atoms with Gasteiger partial charge in [-0.25, -0.2) is 4.79 Å². The van der Waals surface area contributed by atoms with Gasteiger partial charge in [-0.15, -0.1) is 0 Å². The molecule has 2 aromatic rings. The number of nitro benzene ring substituents is 1. The number of carboxylic acid groups (broad SMARTS) is 1. The van der Waals surface area contributed by atoms with Gasteiger partial charge < -0.3 is 10.0 Å². The van der Waals surface area contributed by atoms with E-state index in [-0.39, 0.29) is 11.3 Å². The van der Waals surface area contributed by atoms with Crippen LogP contribution >= 0.6 is 0 Å². The average molecular weight is 290 g/mol. The SMILES string of the molecule is CN(c1ccc(C(=O)O)cc1)c1cccc(F)c1[N+](=O)[O-]. The summed E-state index contributed by atoms with van der Waals surface area (Å²) in [5.41, 5.74) is 0.0694. The van der Waals surface area contributed by atoms with Crippen molar-refractivity contribution in [3.05, 3.63) is 64.0 Å². The van der Waals surface area contributed by atoms with Crippen molar-refractivity contribution in [2.24, 2.45) is 0 Å². The van der Waals surface area contributed by atoms with Crippen molar-refractivity contribution in [2.75, 3.05) is 11.9 Å². The molecule has 0 aliphatic carbocycles. The van der Waals surface area contributed by atoms with Crippen LogP contribution in [0.3, 0.4) is 0 Å². The van der Waals surface area contributed by atoms with Crippen LogP contribution in [0.25, 0.3) is 0 Å². The van der Waals surface area contributed by atoms with E-state index < -0.39 is 22.4 Å². The lowest BCUT2D eigenvalue weighted by atomic mass is 10.1. The number of rotatable bonds is 4. The van der Waals surface area contributed by atoms with E-state index in [1.54, 1.807) is 0 Å². The molecule has 0 saturated heterocycles. The molecule has 1 N–H and O–H groups in total. The van der Waals surface area contributed by atoms with Gasteiger partial charge in [0.2, 0.25) is 5.82 Å². The first kappa shape index (κ1) is 14.4. The molecule has 7 heteroatoms. The molecule has 0 saturated carbocycles. The zero-order chi connectivity index (χ0) is 15.6. The number of hydrogen-bond acceptors (Lipinski definition) is 4. The number of para-hydroxylation sites is 1. The lowest BCUT2D eigenvalue weighted by molar-refractivity contribution is -0.386. The zero-order valence-corrected chi connectivity index (χ0v) is 11.0. The van der Waals surface area contributed by atoms with Gasteiger partial charge in [-0.2, -0.15) is 4.39 Å². The van der Waals surface area contributed by atoms with Gasteiger partial charge in [0.25, 0.3) is 0 Å². The van der Waals surface area contributed by atoms with Crippen molar-refractivity contribution in [1.82, 2.24) is 0 Å². The van der Waals surface area contributed by atoms with Gasteiger partial charge in [0, 0.05) is 12.7 Å². The molecule has 0 radical (unpaired) electrons. The number of carboxylic acids is 1. The van der Waals surface area contributed by atoms with Crippen LogP contribution in [0.5, 0.6) is 0 Å². The predicted octanol–water partition coefficient (Wildman–Crippen LogP) is 3.20. The number of anilines is 2. The maximum Gasteiger partial charge on any atom is 0.335 e. The minimum Gasteiger partial charge on any atom is -0.478 e. The molecule has 108 valence electrons. The molecular formula is C14H11FN2O4. The number of hydrogen-bond donors (Lipinski definition) is 1. The molecule has 0 aliphatic rings. The summed E-state index contributed by atoms with van der Waals surface area (Å²) in [5.74, 6) is -1.99. The van der Waals surface area contributed by atoms with Gasteiger partial charge in [-0.05, 0) is 36.4 Å². The molecule has 2 rings (SSSR count). The van der Waals surface area contributed by atoms with Crippen molar-refractivity contribution in [3.8, 4) is 0 Å². The number of halogens is 1. The van der Waals surface area contributed by atoms with Crippen LogP contribution in [-0.4, -0.2) is 23.0 Å². The summed E-state index contributed by atoms with van der Waals surface area (Å²) in [6, 6.07) is 9.56. The summed E-state index contributed by atoms with van der Waals surface area (Å²) in [5, 5.41) is 19.8. The normalized spacial score (nSPS) is 10.2. The summed E-state index contributed by atoms with van der Waals surface area (Å²) in [6.07, 6.45) is 0. The summed E-state index contributed by atoms with van der Waals surface area (Å²) in [6.45, 7) is 0. The minimum absolute atomic E-state index is 0.0862. The second-order valence-corrected chi connectivity index (χ2v) is 4.28. The highest BCUT2D eigenvalue weighted by Crippen LogP contribution is 2.34. The van der Waals surface area contributed by atoms with Crippen molar-refractivity contribution in [2.45, 2.75) is 0 Å². The van der Waals surface area contributed by atoms with Gasteiger partial charge in [-0.1, -0.05) is 6.07 Å². The molecular weight excluding hydrogens is 279 g/mol. The molecule has 0 atom stereocenters. The van der Waals surface area contributed by atoms with E-state index in [0.29, 0.717) is 5.69 Å². The van der Waals surface area contributed by atoms with E-state index in [1.165, 1.54) is 48.3 Å². The third-order valence-corrected chi connectivity index (χ3v) is 3.01. The van der Waals surface area contributed by atoms with E-state index in [9.17, 15) is 19.3 Å². The van der Waals surface area contributed by atoms with Crippen LogP contribution in [0, 0.1) is 15.9 Å². The summed E-state index contributed by atoms with van der Waals surface area (Å²) in [7, 11) is 1.54. The van der Waals surface area contributed by atoms with E-state index in [4.69, 9.17) is 5.11 Å². The molecule has 0 unspecified atom stereocenters. The van der Waals surface area contributed by atoms with Gasteiger partial charge in [0.15, 0.2) is 0 Å². The largest absolute Gasteiger partial charge is 0.478 e. The van der Waals surface area contributed by atoms with Crippen LogP contribution in [0.4, 0.5) is 21.5 Å². The Hall–Kier alpha value is -2.96. The van der Waals surface area contributed by atoms with Crippen molar-refractivity contribution >= 4 is 23.0 Å². The molecule has 0 aromatic heterocycles. The van der Waals surface area contributed by atoms with Crippen LogP contribution in [0.15, 0.2) is 42.5 Å². The molecule has 0 amide bonds. The Bertz CT molecular complexity index is 701. The Kier molecular flexibility index (Phi) is 3.84. The van der Waals surface area contributed by atoms with Gasteiger partial charge in [0.1, 0.15) is 5.69 Å². The highest BCUT2D eigenvalue weighted by Gasteiger charge is 2.23. The number of nitro groups is 1. The minimum atomic E-state index is -1.07. The predicted molar refractivity (Wildman–Crippen MR) is 74.5 cm³/mol. The fraction of sp³-hybridized carbons (Fsp3) is 0.0714. The Morgan fingerprint density at radius 1 is 1.24 bits per heavy atom. The first-order valence-electron chi connectivity index (χ1n) is 5.92. The van der Waals surface area contributed by atoms with E-state index in [0.717, 1.165) is 6.07 Å². The zero-order valence-electron chi connectivity index (χ0n) is 11.0. The highest BCUT2D eigenvalue weighted by atomic mass is 19.1. The van der Waals surface area contributed by atoms with Crippen LogP contribution < -0.4 is 4.90 Å². The van der Waals surface area contributed by atoms with Gasteiger partial charge >= 0.3 is 11.7 Å². The Morgan fingerprint density at radius 3 is 2.38 bits per heavy atom. The second kappa shape index (κ2) is 5.58. The topological polar surface area (TPSA) is 83.7 Å². The molecule has 0 bridgehead atoms. The monoisotopic (exact) mass is 290 g/mol.